The van der Waals surface area contributed by atoms with Crippen LogP contribution in [-0.2, 0) is 9.59 Å². The van der Waals surface area contributed by atoms with Crippen molar-refractivity contribution in [3.05, 3.63) is 42.5 Å². The van der Waals surface area contributed by atoms with Gasteiger partial charge in [0.1, 0.15) is 12.4 Å². The van der Waals surface area contributed by atoms with Crippen LogP contribution < -0.4 is 15.5 Å². The first-order valence-electron chi connectivity index (χ1n) is 6.98. The van der Waals surface area contributed by atoms with Gasteiger partial charge in [0.05, 0.1) is 6.21 Å². The van der Waals surface area contributed by atoms with Gasteiger partial charge in [-0.25, -0.2) is 5.43 Å². The van der Waals surface area contributed by atoms with Gasteiger partial charge < -0.3 is 10.1 Å². The van der Waals surface area contributed by atoms with Gasteiger partial charge in [-0.05, 0) is 35.7 Å². The Bertz CT molecular complexity index is 536. The highest BCUT2D eigenvalue weighted by Crippen LogP contribution is 2.10. The maximum Gasteiger partial charge on any atom is 0.329 e. The van der Waals surface area contributed by atoms with E-state index >= 15 is 0 Å². The molecule has 0 saturated carbocycles. The Kier molecular flexibility index (Phi) is 7.39. The van der Waals surface area contributed by atoms with E-state index in [0.717, 1.165) is 5.56 Å². The van der Waals surface area contributed by atoms with Gasteiger partial charge in [-0.1, -0.05) is 26.5 Å². The van der Waals surface area contributed by atoms with Gasteiger partial charge in [0.25, 0.3) is 0 Å². The minimum Gasteiger partial charge on any atom is -0.490 e. The molecule has 1 aromatic carbocycles. The number of rotatable bonds is 7. The highest BCUT2D eigenvalue weighted by molar-refractivity contribution is 6.35. The number of nitrogens with one attached hydrogen (secondary N) is 2. The molecule has 0 atom stereocenters. The minimum atomic E-state index is -0.789. The fraction of sp³-hybridized carbons (Fsp3) is 0.312. The zero-order chi connectivity index (χ0) is 16.4. The number of nitrogens with zero attached hydrogens (tertiary/aromatic N) is 1. The van der Waals surface area contributed by atoms with Gasteiger partial charge in [-0.2, -0.15) is 5.10 Å². The molecule has 0 aliphatic rings. The lowest BCUT2D eigenvalue weighted by Crippen LogP contribution is -2.39. The summed E-state index contributed by atoms with van der Waals surface area (Å²) in [6.07, 6.45) is 3.11. The molecule has 0 radical (unpaired) electrons. The second kappa shape index (κ2) is 9.33. The van der Waals surface area contributed by atoms with Crippen LogP contribution in [0.4, 0.5) is 0 Å². The average molecular weight is 303 g/mol. The molecule has 0 aliphatic carbocycles. The van der Waals surface area contributed by atoms with Crippen molar-refractivity contribution in [2.24, 2.45) is 11.0 Å². The third kappa shape index (κ3) is 6.69. The number of carbonyl (C=O) groups is 2. The highest BCUT2D eigenvalue weighted by Gasteiger charge is 2.11. The fourth-order valence-corrected chi connectivity index (χ4v) is 1.40. The third-order valence-corrected chi connectivity index (χ3v) is 2.50. The van der Waals surface area contributed by atoms with Crippen LogP contribution in [-0.4, -0.2) is 31.2 Å². The van der Waals surface area contributed by atoms with Crippen LogP contribution in [0, 0.1) is 5.92 Å². The molecule has 118 valence electrons. The van der Waals surface area contributed by atoms with E-state index < -0.39 is 11.8 Å². The molecule has 0 aromatic heterocycles. The Morgan fingerprint density at radius 2 is 1.95 bits per heavy atom. The van der Waals surface area contributed by atoms with E-state index in [-0.39, 0.29) is 5.92 Å². The van der Waals surface area contributed by atoms with Crippen LogP contribution in [0.3, 0.4) is 0 Å². The van der Waals surface area contributed by atoms with Gasteiger partial charge in [0.15, 0.2) is 0 Å². The fourth-order valence-electron chi connectivity index (χ4n) is 1.40. The highest BCUT2D eigenvalue weighted by atomic mass is 16.5. The molecule has 1 aromatic rings. The van der Waals surface area contributed by atoms with Crippen molar-refractivity contribution in [3.63, 3.8) is 0 Å². The Morgan fingerprint density at radius 1 is 1.27 bits per heavy atom. The van der Waals surface area contributed by atoms with Crippen LogP contribution in [0.2, 0.25) is 0 Å². The van der Waals surface area contributed by atoms with Gasteiger partial charge in [-0.3, -0.25) is 9.59 Å². The van der Waals surface area contributed by atoms with Gasteiger partial charge in [0.2, 0.25) is 0 Å². The van der Waals surface area contributed by atoms with Crippen molar-refractivity contribution >= 4 is 18.0 Å². The van der Waals surface area contributed by atoms with Gasteiger partial charge in [0, 0.05) is 6.54 Å². The van der Waals surface area contributed by atoms with E-state index in [1.165, 1.54) is 6.21 Å². The maximum atomic E-state index is 11.5. The SMILES string of the molecule is C=CCOc1ccc(/C=N/NC(=O)C(=O)NCC(C)C)cc1. The first-order chi connectivity index (χ1) is 10.5. The van der Waals surface area contributed by atoms with Gasteiger partial charge >= 0.3 is 11.8 Å². The quantitative estimate of drug-likeness (QED) is 0.346. The van der Waals surface area contributed by atoms with Crippen LogP contribution >= 0.6 is 0 Å². The smallest absolute Gasteiger partial charge is 0.329 e. The average Bonchev–Trinajstić information content (AvgIpc) is 2.51. The summed E-state index contributed by atoms with van der Waals surface area (Å²) in [7, 11) is 0. The summed E-state index contributed by atoms with van der Waals surface area (Å²) in [5.74, 6) is -0.488. The molecule has 6 heteroatoms. The predicted molar refractivity (Wildman–Crippen MR) is 85.7 cm³/mol. The second-order valence-electron chi connectivity index (χ2n) is 4.97. The van der Waals surface area contributed by atoms with E-state index in [1.54, 1.807) is 30.3 Å². The molecule has 0 spiro atoms. The monoisotopic (exact) mass is 303 g/mol. The van der Waals surface area contributed by atoms with Gasteiger partial charge in [-0.15, -0.1) is 0 Å². The maximum absolute atomic E-state index is 11.5. The molecule has 2 amide bonds. The van der Waals surface area contributed by atoms with Crippen molar-refractivity contribution in [1.82, 2.24) is 10.7 Å². The Morgan fingerprint density at radius 3 is 2.55 bits per heavy atom. The molecule has 6 nitrogen and oxygen atoms in total. The number of hydrazone groups is 1. The molecular formula is C16H21N3O3. The lowest BCUT2D eigenvalue weighted by atomic mass is 10.2. The Balaban J connectivity index is 2.43. The van der Waals surface area contributed by atoms with Crippen LogP contribution in [0.15, 0.2) is 42.0 Å². The largest absolute Gasteiger partial charge is 0.490 e. The van der Waals surface area contributed by atoms with Crippen molar-refractivity contribution in [2.45, 2.75) is 13.8 Å². The first-order valence-corrected chi connectivity index (χ1v) is 6.98. The summed E-state index contributed by atoms with van der Waals surface area (Å²) >= 11 is 0. The van der Waals surface area contributed by atoms with Crippen molar-refractivity contribution in [2.75, 3.05) is 13.2 Å². The molecule has 1 rings (SSSR count). The summed E-state index contributed by atoms with van der Waals surface area (Å²) in [5, 5.41) is 6.25. The molecule has 0 unspecified atom stereocenters. The number of hydrogen-bond donors (Lipinski definition) is 2. The lowest BCUT2D eigenvalue weighted by molar-refractivity contribution is -0.139. The molecule has 0 heterocycles. The third-order valence-electron chi connectivity index (χ3n) is 2.50. The minimum absolute atomic E-state index is 0.280. The molecular weight excluding hydrogens is 282 g/mol. The molecule has 22 heavy (non-hydrogen) atoms. The van der Waals surface area contributed by atoms with E-state index in [9.17, 15) is 9.59 Å². The summed E-state index contributed by atoms with van der Waals surface area (Å²) in [6.45, 7) is 8.34. The van der Waals surface area contributed by atoms with E-state index in [2.05, 4.69) is 22.4 Å². The van der Waals surface area contributed by atoms with E-state index in [4.69, 9.17) is 4.74 Å². The van der Waals surface area contributed by atoms with E-state index in [1.807, 2.05) is 13.8 Å². The zero-order valence-electron chi connectivity index (χ0n) is 12.8. The number of hydrogen-bond acceptors (Lipinski definition) is 4. The standard InChI is InChI=1S/C16H21N3O3/c1-4-9-22-14-7-5-13(6-8-14)11-18-19-16(21)15(20)17-10-12(2)3/h4-8,11-12H,1,9-10H2,2-3H3,(H,17,20)(H,19,21)/b18-11+. The van der Waals surface area contributed by atoms with Crippen molar-refractivity contribution < 1.29 is 14.3 Å². The molecule has 0 fully saturated rings. The Labute approximate surface area is 130 Å². The summed E-state index contributed by atoms with van der Waals surface area (Å²) in [4.78, 5) is 22.9. The topological polar surface area (TPSA) is 79.8 Å². The summed E-state index contributed by atoms with van der Waals surface area (Å²) in [5.41, 5.74) is 2.95. The molecule has 0 aliphatic heterocycles. The zero-order valence-corrected chi connectivity index (χ0v) is 12.8. The van der Waals surface area contributed by atoms with Crippen molar-refractivity contribution in [3.8, 4) is 5.75 Å². The van der Waals surface area contributed by atoms with E-state index in [0.29, 0.717) is 18.9 Å². The number of benzene rings is 1. The summed E-state index contributed by atoms with van der Waals surface area (Å²) in [6, 6.07) is 7.13. The van der Waals surface area contributed by atoms with Crippen LogP contribution in [0.5, 0.6) is 5.75 Å². The van der Waals surface area contributed by atoms with Crippen molar-refractivity contribution in [1.29, 1.82) is 0 Å². The predicted octanol–water partition coefficient (Wildman–Crippen LogP) is 1.47. The summed E-state index contributed by atoms with van der Waals surface area (Å²) < 4.78 is 5.35. The lowest BCUT2D eigenvalue weighted by Gasteiger charge is -2.05. The van der Waals surface area contributed by atoms with Crippen LogP contribution in [0.25, 0.3) is 0 Å². The molecule has 0 saturated heterocycles. The normalized spacial score (nSPS) is 10.5. The molecule has 0 bridgehead atoms. The number of ether oxygens (including phenoxy) is 1. The van der Waals surface area contributed by atoms with Crippen LogP contribution in [0.1, 0.15) is 19.4 Å². The molecule has 2 N–H and O–H groups in total. The number of carbonyl (C=O) groups excluding carboxylic acids is 2. The second-order valence-corrected chi connectivity index (χ2v) is 4.97. The Hall–Kier alpha value is -2.63. The first kappa shape index (κ1) is 17.4. The number of amides is 2.